The van der Waals surface area contributed by atoms with Crippen molar-refractivity contribution < 1.29 is 17.9 Å². The van der Waals surface area contributed by atoms with Crippen molar-refractivity contribution in [3.05, 3.63) is 0 Å². The Balaban J connectivity index is 2.57. The molecule has 0 aromatic carbocycles. The number of sulfone groups is 1. The Morgan fingerprint density at radius 1 is 1.26 bits per heavy atom. The van der Waals surface area contributed by atoms with Crippen molar-refractivity contribution in [1.82, 2.24) is 9.80 Å². The SMILES string of the molecule is CCCS(=O)(=O)CCN1CCN(C(=O)OC(C)(C)C)CC1CN. The summed E-state index contributed by atoms with van der Waals surface area (Å²) >= 11 is 0. The van der Waals surface area contributed by atoms with E-state index in [1.165, 1.54) is 0 Å². The first-order valence-electron chi connectivity index (χ1n) is 8.20. The number of hydrogen-bond donors (Lipinski definition) is 1. The van der Waals surface area contributed by atoms with Gasteiger partial charge in [0.2, 0.25) is 0 Å². The van der Waals surface area contributed by atoms with Gasteiger partial charge in [-0.3, -0.25) is 4.90 Å². The van der Waals surface area contributed by atoms with E-state index in [1.807, 2.05) is 27.7 Å². The third kappa shape index (κ3) is 7.05. The zero-order valence-electron chi connectivity index (χ0n) is 14.7. The van der Waals surface area contributed by atoms with Gasteiger partial charge in [0.15, 0.2) is 9.84 Å². The smallest absolute Gasteiger partial charge is 0.410 e. The standard InChI is InChI=1S/C15H31N3O4S/c1-5-9-23(20,21)10-8-17-6-7-18(12-13(17)11-16)14(19)22-15(2,3)4/h13H,5-12,16H2,1-4H3. The third-order valence-electron chi connectivity index (χ3n) is 3.73. The minimum absolute atomic E-state index is 0.0342. The second kappa shape index (κ2) is 8.30. The number of piperazine rings is 1. The number of hydrogen-bond acceptors (Lipinski definition) is 6. The lowest BCUT2D eigenvalue weighted by atomic mass is 10.1. The molecule has 1 aliphatic heterocycles. The molecule has 0 aliphatic carbocycles. The van der Waals surface area contributed by atoms with Gasteiger partial charge in [-0.2, -0.15) is 0 Å². The fourth-order valence-electron chi connectivity index (χ4n) is 2.57. The normalized spacial score (nSPS) is 20.6. The van der Waals surface area contributed by atoms with Crippen LogP contribution in [0.4, 0.5) is 4.79 Å². The Hall–Kier alpha value is -0.860. The molecule has 8 heteroatoms. The highest BCUT2D eigenvalue weighted by Crippen LogP contribution is 2.15. The van der Waals surface area contributed by atoms with Gasteiger partial charge in [-0.05, 0) is 27.2 Å². The molecule has 136 valence electrons. The van der Waals surface area contributed by atoms with Crippen LogP contribution in [0, 0.1) is 0 Å². The van der Waals surface area contributed by atoms with Gasteiger partial charge < -0.3 is 15.4 Å². The minimum Gasteiger partial charge on any atom is -0.444 e. The van der Waals surface area contributed by atoms with E-state index in [0.717, 1.165) is 0 Å². The summed E-state index contributed by atoms with van der Waals surface area (Å²) < 4.78 is 29.1. The van der Waals surface area contributed by atoms with Crippen LogP contribution < -0.4 is 5.73 Å². The predicted molar refractivity (Wildman–Crippen MR) is 91.2 cm³/mol. The van der Waals surface area contributed by atoms with Gasteiger partial charge >= 0.3 is 6.09 Å². The molecule has 1 aliphatic rings. The van der Waals surface area contributed by atoms with E-state index < -0.39 is 15.4 Å². The van der Waals surface area contributed by atoms with Crippen LogP contribution in [-0.2, 0) is 14.6 Å². The van der Waals surface area contributed by atoms with E-state index in [0.29, 0.717) is 39.1 Å². The van der Waals surface area contributed by atoms with Crippen molar-refractivity contribution in [1.29, 1.82) is 0 Å². The molecule has 7 nitrogen and oxygen atoms in total. The van der Waals surface area contributed by atoms with Gasteiger partial charge in [0.05, 0.1) is 5.75 Å². The highest BCUT2D eigenvalue weighted by Gasteiger charge is 2.31. The lowest BCUT2D eigenvalue weighted by Gasteiger charge is -2.41. The molecule has 1 rings (SSSR count). The number of carbonyl (C=O) groups is 1. The van der Waals surface area contributed by atoms with Crippen molar-refractivity contribution in [2.24, 2.45) is 5.73 Å². The zero-order chi connectivity index (χ0) is 17.7. The Morgan fingerprint density at radius 3 is 2.43 bits per heavy atom. The number of ether oxygens (including phenoxy) is 1. The van der Waals surface area contributed by atoms with Crippen molar-refractivity contribution in [2.75, 3.05) is 44.2 Å². The van der Waals surface area contributed by atoms with Crippen LogP contribution in [0.25, 0.3) is 0 Å². The maximum atomic E-state index is 12.1. The molecule has 1 atom stereocenters. The fourth-order valence-corrected chi connectivity index (χ4v) is 3.91. The monoisotopic (exact) mass is 349 g/mol. The molecular formula is C15H31N3O4S. The highest BCUT2D eigenvalue weighted by atomic mass is 32.2. The summed E-state index contributed by atoms with van der Waals surface area (Å²) in [5.41, 5.74) is 5.28. The van der Waals surface area contributed by atoms with Crippen molar-refractivity contribution in [3.63, 3.8) is 0 Å². The van der Waals surface area contributed by atoms with Crippen LogP contribution in [0.5, 0.6) is 0 Å². The molecule has 1 fully saturated rings. The summed E-state index contributed by atoms with van der Waals surface area (Å²) in [7, 11) is -3.00. The first-order valence-corrected chi connectivity index (χ1v) is 10.0. The average Bonchev–Trinajstić information content (AvgIpc) is 2.43. The van der Waals surface area contributed by atoms with Crippen LogP contribution >= 0.6 is 0 Å². The molecule has 0 aromatic rings. The molecule has 0 radical (unpaired) electrons. The van der Waals surface area contributed by atoms with Gasteiger partial charge in [0, 0.05) is 44.5 Å². The summed E-state index contributed by atoms with van der Waals surface area (Å²) in [6.45, 7) is 9.82. The number of rotatable bonds is 6. The van der Waals surface area contributed by atoms with Crippen LogP contribution in [0.15, 0.2) is 0 Å². The Morgan fingerprint density at radius 2 is 1.91 bits per heavy atom. The lowest BCUT2D eigenvalue weighted by molar-refractivity contribution is 0.00569. The summed E-state index contributed by atoms with van der Waals surface area (Å²) in [6, 6.07) is -0.0342. The number of nitrogens with two attached hydrogens (primary N) is 1. The molecule has 1 heterocycles. The summed E-state index contributed by atoms with van der Waals surface area (Å²) in [5, 5.41) is 0. The van der Waals surface area contributed by atoms with Gasteiger partial charge in [-0.25, -0.2) is 13.2 Å². The van der Waals surface area contributed by atoms with Crippen LogP contribution in [0.2, 0.25) is 0 Å². The van der Waals surface area contributed by atoms with E-state index in [1.54, 1.807) is 4.90 Å². The van der Waals surface area contributed by atoms with Gasteiger partial charge in [0.1, 0.15) is 5.60 Å². The Kier molecular flexibility index (Phi) is 7.29. The second-order valence-corrected chi connectivity index (χ2v) is 9.31. The highest BCUT2D eigenvalue weighted by molar-refractivity contribution is 7.91. The van der Waals surface area contributed by atoms with Crippen LogP contribution in [0.1, 0.15) is 34.1 Å². The van der Waals surface area contributed by atoms with E-state index in [2.05, 4.69) is 4.90 Å². The topological polar surface area (TPSA) is 92.9 Å². The first kappa shape index (κ1) is 20.2. The lowest BCUT2D eigenvalue weighted by Crippen LogP contribution is -2.58. The molecule has 0 spiro atoms. The Bertz CT molecular complexity index is 487. The second-order valence-electron chi connectivity index (χ2n) is 7.00. The summed E-state index contributed by atoms with van der Waals surface area (Å²) in [5.74, 6) is 0.363. The third-order valence-corrected chi connectivity index (χ3v) is 5.57. The van der Waals surface area contributed by atoms with Crippen molar-refractivity contribution in [2.45, 2.75) is 45.8 Å². The number of nitrogens with zero attached hydrogens (tertiary/aromatic N) is 2. The molecule has 0 saturated carbocycles. The zero-order valence-corrected chi connectivity index (χ0v) is 15.6. The molecule has 1 saturated heterocycles. The quantitative estimate of drug-likeness (QED) is 0.758. The summed E-state index contributed by atoms with van der Waals surface area (Å²) in [4.78, 5) is 15.8. The first-order chi connectivity index (χ1) is 10.6. The molecule has 1 amide bonds. The van der Waals surface area contributed by atoms with E-state index in [-0.39, 0.29) is 23.6 Å². The molecule has 2 N–H and O–H groups in total. The van der Waals surface area contributed by atoms with Crippen molar-refractivity contribution in [3.8, 4) is 0 Å². The average molecular weight is 349 g/mol. The van der Waals surface area contributed by atoms with Crippen LogP contribution in [-0.4, -0.2) is 80.2 Å². The van der Waals surface area contributed by atoms with E-state index in [4.69, 9.17) is 10.5 Å². The van der Waals surface area contributed by atoms with E-state index in [9.17, 15) is 13.2 Å². The summed E-state index contributed by atoms with van der Waals surface area (Å²) in [6.07, 6.45) is 0.295. The van der Waals surface area contributed by atoms with Crippen molar-refractivity contribution >= 4 is 15.9 Å². The van der Waals surface area contributed by atoms with Crippen LogP contribution in [0.3, 0.4) is 0 Å². The number of carbonyl (C=O) groups excluding carboxylic acids is 1. The largest absolute Gasteiger partial charge is 0.444 e. The fraction of sp³-hybridized carbons (Fsp3) is 0.933. The number of amides is 1. The van der Waals surface area contributed by atoms with Gasteiger partial charge in [0.25, 0.3) is 0 Å². The molecule has 1 unspecified atom stereocenters. The molecular weight excluding hydrogens is 318 g/mol. The van der Waals surface area contributed by atoms with Gasteiger partial charge in [-0.15, -0.1) is 0 Å². The molecule has 0 aromatic heterocycles. The molecule has 0 bridgehead atoms. The predicted octanol–water partition coefficient (Wildman–Crippen LogP) is 0.691. The van der Waals surface area contributed by atoms with E-state index >= 15 is 0 Å². The maximum Gasteiger partial charge on any atom is 0.410 e. The molecule has 23 heavy (non-hydrogen) atoms. The Labute approximate surface area is 140 Å². The maximum absolute atomic E-state index is 12.1. The minimum atomic E-state index is -3.00. The van der Waals surface area contributed by atoms with Gasteiger partial charge in [-0.1, -0.05) is 6.92 Å².